The van der Waals surface area contributed by atoms with Crippen LogP contribution in [0.3, 0.4) is 0 Å². The Morgan fingerprint density at radius 1 is 1.16 bits per heavy atom. The monoisotopic (exact) mass is 576 g/mol. The van der Waals surface area contributed by atoms with Crippen molar-refractivity contribution in [1.29, 1.82) is 0 Å². The Morgan fingerprint density at radius 2 is 1.82 bits per heavy atom. The Morgan fingerprint density at radius 3 is 2.37 bits per heavy atom. The third-order valence-corrected chi connectivity index (χ3v) is 10.6. The second-order valence-electron chi connectivity index (χ2n) is 10.6. The van der Waals surface area contributed by atoms with Gasteiger partial charge in [0.1, 0.15) is 6.04 Å². The lowest BCUT2D eigenvalue weighted by atomic mass is 9.67. The Bertz CT molecular complexity index is 1330. The minimum Gasteiger partial charge on any atom is -0.322 e. The number of nitrogens with zero attached hydrogens (tertiary/aromatic N) is 2. The molecule has 4 atom stereocenters. The summed E-state index contributed by atoms with van der Waals surface area (Å²) in [5.41, 5.74) is 0.901. The standard InChI is InChI=1S/C29H34Cl2N2O4S/c1-5-16-29(3)18-24(20-8-7-9-22(31)17-20)26(19-10-12-21(30)13-11-19)33(28(29)35)25(6-2)27(34)32(4)38(36,37)23-14-15-23/h5,7-13,17,23-26H,1,6,14-16,18H2,2-4H3/t24-,25+,26-,29+/m1/s1. The van der Waals surface area contributed by atoms with E-state index in [4.69, 9.17) is 23.2 Å². The molecule has 204 valence electrons. The van der Waals surface area contributed by atoms with Crippen LogP contribution in [0.4, 0.5) is 0 Å². The van der Waals surface area contributed by atoms with Gasteiger partial charge < -0.3 is 4.90 Å². The SMILES string of the molecule is C=CC[C@@]1(C)C[C@H](c2cccc(Cl)c2)[C@@H](c2ccc(Cl)cc2)N([C@@H](CC)C(=O)N(C)S(=O)(=O)C2CC2)C1=O. The van der Waals surface area contributed by atoms with Gasteiger partial charge in [-0.05, 0) is 67.5 Å². The molecule has 6 nitrogen and oxygen atoms in total. The van der Waals surface area contributed by atoms with Crippen LogP contribution in [0, 0.1) is 5.41 Å². The summed E-state index contributed by atoms with van der Waals surface area (Å²) in [5.74, 6) is -1.02. The fraction of sp³-hybridized carbons (Fsp3) is 0.448. The zero-order valence-corrected chi connectivity index (χ0v) is 24.3. The number of carbonyl (C=O) groups excluding carboxylic acids is 2. The zero-order chi connectivity index (χ0) is 27.8. The van der Waals surface area contributed by atoms with E-state index < -0.39 is 38.7 Å². The van der Waals surface area contributed by atoms with Crippen LogP contribution in [0.5, 0.6) is 0 Å². The number of rotatable bonds is 9. The topological polar surface area (TPSA) is 74.8 Å². The average molecular weight is 578 g/mol. The molecule has 1 aliphatic carbocycles. The maximum atomic E-state index is 14.4. The molecule has 38 heavy (non-hydrogen) atoms. The number of likely N-dealkylation sites (N-methyl/N-ethyl adjacent to an activating group) is 1. The highest BCUT2D eigenvalue weighted by atomic mass is 35.5. The van der Waals surface area contributed by atoms with Gasteiger partial charge in [0.05, 0.1) is 16.7 Å². The maximum absolute atomic E-state index is 14.4. The molecule has 9 heteroatoms. The number of hydrogen-bond acceptors (Lipinski definition) is 4. The van der Waals surface area contributed by atoms with Crippen molar-refractivity contribution in [3.8, 4) is 0 Å². The maximum Gasteiger partial charge on any atom is 0.258 e. The normalized spacial score (nSPS) is 24.7. The Labute approximate surface area is 235 Å². The van der Waals surface area contributed by atoms with E-state index in [2.05, 4.69) is 6.58 Å². The van der Waals surface area contributed by atoms with Crippen LogP contribution in [0.15, 0.2) is 61.2 Å². The molecule has 0 aromatic heterocycles. The van der Waals surface area contributed by atoms with Crippen LogP contribution in [0.25, 0.3) is 0 Å². The molecule has 1 saturated carbocycles. The summed E-state index contributed by atoms with van der Waals surface area (Å²) in [6.45, 7) is 7.58. The lowest BCUT2D eigenvalue weighted by Crippen LogP contribution is -2.59. The molecule has 0 N–H and O–H groups in total. The summed E-state index contributed by atoms with van der Waals surface area (Å²) in [6, 6.07) is 13.3. The molecule has 2 aliphatic rings. The van der Waals surface area contributed by atoms with Crippen molar-refractivity contribution in [1.82, 2.24) is 9.21 Å². The van der Waals surface area contributed by atoms with E-state index in [9.17, 15) is 18.0 Å². The van der Waals surface area contributed by atoms with Crippen molar-refractivity contribution in [2.75, 3.05) is 7.05 Å². The van der Waals surface area contributed by atoms with Crippen molar-refractivity contribution in [3.63, 3.8) is 0 Å². The van der Waals surface area contributed by atoms with Gasteiger partial charge >= 0.3 is 0 Å². The number of carbonyl (C=O) groups is 2. The summed E-state index contributed by atoms with van der Waals surface area (Å²) in [5, 5.41) is 0.588. The molecule has 0 unspecified atom stereocenters. The number of sulfonamides is 1. The van der Waals surface area contributed by atoms with Crippen LogP contribution in [-0.2, 0) is 19.6 Å². The smallest absolute Gasteiger partial charge is 0.258 e. The van der Waals surface area contributed by atoms with Gasteiger partial charge in [-0.3, -0.25) is 9.59 Å². The first kappa shape index (κ1) is 28.7. The number of piperidine rings is 1. The van der Waals surface area contributed by atoms with E-state index in [1.54, 1.807) is 36.1 Å². The molecule has 1 saturated heterocycles. The number of hydrogen-bond donors (Lipinski definition) is 0. The van der Waals surface area contributed by atoms with Crippen LogP contribution >= 0.6 is 23.2 Å². The first-order valence-electron chi connectivity index (χ1n) is 12.9. The molecule has 0 spiro atoms. The Balaban J connectivity index is 1.90. The minimum absolute atomic E-state index is 0.201. The van der Waals surface area contributed by atoms with Gasteiger partial charge in [-0.1, -0.05) is 67.4 Å². The van der Waals surface area contributed by atoms with Gasteiger partial charge in [0.15, 0.2) is 0 Å². The van der Waals surface area contributed by atoms with Gasteiger partial charge in [0, 0.05) is 23.0 Å². The van der Waals surface area contributed by atoms with E-state index in [0.29, 0.717) is 35.7 Å². The molecular formula is C29H34Cl2N2O4S. The Kier molecular flexibility index (Phi) is 8.31. The highest BCUT2D eigenvalue weighted by molar-refractivity contribution is 7.90. The number of benzene rings is 2. The van der Waals surface area contributed by atoms with E-state index in [1.165, 1.54) is 7.05 Å². The summed E-state index contributed by atoms with van der Waals surface area (Å²) >= 11 is 12.6. The van der Waals surface area contributed by atoms with Gasteiger partial charge in [-0.2, -0.15) is 0 Å². The highest BCUT2D eigenvalue weighted by Gasteiger charge is 2.53. The van der Waals surface area contributed by atoms with Crippen molar-refractivity contribution in [2.24, 2.45) is 5.41 Å². The van der Waals surface area contributed by atoms with Crippen molar-refractivity contribution in [2.45, 2.75) is 69.2 Å². The predicted molar refractivity (Wildman–Crippen MR) is 152 cm³/mol. The van der Waals surface area contributed by atoms with Crippen LogP contribution in [-0.4, -0.2) is 47.8 Å². The first-order valence-corrected chi connectivity index (χ1v) is 15.2. The van der Waals surface area contributed by atoms with E-state index in [0.717, 1.165) is 15.4 Å². The minimum atomic E-state index is -3.78. The van der Waals surface area contributed by atoms with Gasteiger partial charge in [-0.25, -0.2) is 12.7 Å². The highest BCUT2D eigenvalue weighted by Crippen LogP contribution is 2.52. The molecule has 0 radical (unpaired) electrons. The largest absolute Gasteiger partial charge is 0.322 e. The van der Waals surface area contributed by atoms with Gasteiger partial charge in [0.25, 0.3) is 5.91 Å². The second kappa shape index (κ2) is 11.0. The second-order valence-corrected chi connectivity index (χ2v) is 13.7. The fourth-order valence-electron chi connectivity index (χ4n) is 5.65. The molecular weight excluding hydrogens is 543 g/mol. The fourth-order valence-corrected chi connectivity index (χ4v) is 7.52. The summed E-state index contributed by atoms with van der Waals surface area (Å²) < 4.78 is 26.9. The number of amides is 2. The Hall–Kier alpha value is -2.35. The number of halogens is 2. The van der Waals surface area contributed by atoms with E-state index in [-0.39, 0.29) is 18.2 Å². The first-order chi connectivity index (χ1) is 17.9. The van der Waals surface area contributed by atoms with Crippen LogP contribution < -0.4 is 0 Å². The summed E-state index contributed by atoms with van der Waals surface area (Å²) in [7, 11) is -2.47. The molecule has 4 rings (SSSR count). The van der Waals surface area contributed by atoms with Crippen LogP contribution in [0.1, 0.15) is 69.0 Å². The lowest BCUT2D eigenvalue weighted by molar-refractivity contribution is -0.159. The van der Waals surface area contributed by atoms with Crippen molar-refractivity contribution >= 4 is 45.0 Å². The number of likely N-dealkylation sites (tertiary alicyclic amines) is 1. The zero-order valence-electron chi connectivity index (χ0n) is 21.9. The van der Waals surface area contributed by atoms with Crippen LogP contribution in [0.2, 0.25) is 10.0 Å². The quantitative estimate of drug-likeness (QED) is 0.325. The van der Waals surface area contributed by atoms with Crippen molar-refractivity contribution < 1.29 is 18.0 Å². The molecule has 2 aromatic rings. The third kappa shape index (κ3) is 5.38. The molecule has 2 fully saturated rings. The molecule has 1 heterocycles. The third-order valence-electron chi connectivity index (χ3n) is 7.83. The molecule has 2 aromatic carbocycles. The van der Waals surface area contributed by atoms with Gasteiger partial charge in [0.2, 0.25) is 15.9 Å². The molecule has 2 amide bonds. The number of allylic oxidation sites excluding steroid dienone is 1. The molecule has 0 bridgehead atoms. The van der Waals surface area contributed by atoms with Crippen molar-refractivity contribution in [3.05, 3.63) is 82.4 Å². The average Bonchev–Trinajstić information content (AvgIpc) is 3.73. The predicted octanol–water partition coefficient (Wildman–Crippen LogP) is 6.36. The van der Waals surface area contributed by atoms with E-state index >= 15 is 0 Å². The molecule has 1 aliphatic heterocycles. The summed E-state index contributed by atoms with van der Waals surface area (Å²) in [6.07, 6.45) is 3.98. The van der Waals surface area contributed by atoms with Gasteiger partial charge in [-0.15, -0.1) is 6.58 Å². The van der Waals surface area contributed by atoms with E-state index in [1.807, 2.05) is 37.3 Å². The lowest BCUT2D eigenvalue weighted by Gasteiger charge is -2.51. The summed E-state index contributed by atoms with van der Waals surface area (Å²) in [4.78, 5) is 29.9.